The van der Waals surface area contributed by atoms with E-state index in [0.29, 0.717) is 32.1 Å². The van der Waals surface area contributed by atoms with Gasteiger partial charge >= 0.3 is 0 Å². The molecule has 23 heavy (non-hydrogen) atoms. The van der Waals surface area contributed by atoms with Gasteiger partial charge in [0.1, 0.15) is 0 Å². The van der Waals surface area contributed by atoms with Crippen LogP contribution in [0.4, 0.5) is 0 Å². The summed E-state index contributed by atoms with van der Waals surface area (Å²) in [5, 5.41) is 0. The molecule has 3 atom stereocenters. The number of hydrogen-bond acceptors (Lipinski definition) is 5. The van der Waals surface area contributed by atoms with E-state index in [2.05, 4.69) is 4.90 Å². The molecule has 0 bridgehead atoms. The maximum absolute atomic E-state index is 12.8. The van der Waals surface area contributed by atoms with Crippen molar-refractivity contribution < 1.29 is 17.9 Å². The zero-order valence-electron chi connectivity index (χ0n) is 14.2. The quantitative estimate of drug-likeness (QED) is 0.716. The van der Waals surface area contributed by atoms with Gasteiger partial charge in [0.25, 0.3) is 10.2 Å². The topological polar surface area (TPSA) is 62.3 Å². The fraction of sp³-hybridized carbons (Fsp3) is 1.00. The summed E-state index contributed by atoms with van der Waals surface area (Å²) in [6, 6.07) is 0. The van der Waals surface area contributed by atoms with Gasteiger partial charge in [0.2, 0.25) is 0 Å². The number of ether oxygens (including phenoxy) is 2. The highest BCUT2D eigenvalue weighted by molar-refractivity contribution is 7.86. The summed E-state index contributed by atoms with van der Waals surface area (Å²) in [6.07, 6.45) is 1.04. The Balaban J connectivity index is 1.53. The van der Waals surface area contributed by atoms with E-state index < -0.39 is 10.2 Å². The minimum absolute atomic E-state index is 0.0443. The first kappa shape index (κ1) is 17.6. The van der Waals surface area contributed by atoms with E-state index in [-0.39, 0.29) is 12.2 Å². The lowest BCUT2D eigenvalue weighted by Crippen LogP contribution is -2.57. The van der Waals surface area contributed by atoms with Gasteiger partial charge in [-0.15, -0.1) is 0 Å². The van der Waals surface area contributed by atoms with Crippen LogP contribution in [0.3, 0.4) is 0 Å². The van der Waals surface area contributed by atoms with Gasteiger partial charge < -0.3 is 14.4 Å². The Labute approximate surface area is 139 Å². The van der Waals surface area contributed by atoms with E-state index in [0.717, 1.165) is 39.3 Å². The van der Waals surface area contributed by atoms with Crippen molar-refractivity contribution in [3.8, 4) is 0 Å². The molecule has 0 saturated carbocycles. The van der Waals surface area contributed by atoms with E-state index in [1.165, 1.54) is 0 Å². The highest BCUT2D eigenvalue weighted by atomic mass is 32.2. The maximum atomic E-state index is 12.8. The monoisotopic (exact) mass is 347 g/mol. The van der Waals surface area contributed by atoms with E-state index in [4.69, 9.17) is 9.47 Å². The van der Waals surface area contributed by atoms with Crippen molar-refractivity contribution >= 4 is 10.2 Å². The lowest BCUT2D eigenvalue weighted by atomic mass is 10.1. The predicted octanol–water partition coefficient (Wildman–Crippen LogP) is -0.00550. The number of rotatable bonds is 4. The van der Waals surface area contributed by atoms with Gasteiger partial charge in [0.05, 0.1) is 18.8 Å². The summed E-state index contributed by atoms with van der Waals surface area (Å²) >= 11 is 0. The molecule has 3 aliphatic rings. The summed E-state index contributed by atoms with van der Waals surface area (Å²) in [5.74, 6) is 0.610. The molecule has 0 aromatic heterocycles. The van der Waals surface area contributed by atoms with Gasteiger partial charge in [-0.3, -0.25) is 0 Å². The van der Waals surface area contributed by atoms with Crippen LogP contribution in [-0.4, -0.2) is 93.2 Å². The van der Waals surface area contributed by atoms with Crippen molar-refractivity contribution in [3.63, 3.8) is 0 Å². The van der Waals surface area contributed by atoms with Crippen molar-refractivity contribution in [1.29, 1.82) is 0 Å². The maximum Gasteiger partial charge on any atom is 0.282 e. The van der Waals surface area contributed by atoms with Crippen molar-refractivity contribution in [2.75, 3.05) is 59.0 Å². The van der Waals surface area contributed by atoms with Crippen molar-refractivity contribution in [3.05, 3.63) is 0 Å². The molecule has 134 valence electrons. The zero-order valence-corrected chi connectivity index (χ0v) is 15.0. The third kappa shape index (κ3) is 4.24. The van der Waals surface area contributed by atoms with Crippen LogP contribution < -0.4 is 0 Å². The summed E-state index contributed by atoms with van der Waals surface area (Å²) < 4.78 is 40.0. The van der Waals surface area contributed by atoms with Crippen LogP contribution in [0.5, 0.6) is 0 Å². The average Bonchev–Trinajstić information content (AvgIpc) is 3.00. The molecule has 0 N–H and O–H groups in total. The predicted molar refractivity (Wildman–Crippen MR) is 87.4 cm³/mol. The summed E-state index contributed by atoms with van der Waals surface area (Å²) in [5.41, 5.74) is 0. The second-order valence-corrected chi connectivity index (χ2v) is 8.94. The summed E-state index contributed by atoms with van der Waals surface area (Å²) in [4.78, 5) is 2.37. The molecule has 0 amide bonds. The van der Waals surface area contributed by atoms with Crippen LogP contribution in [0.25, 0.3) is 0 Å². The molecule has 3 rings (SSSR count). The Morgan fingerprint density at radius 1 is 1.00 bits per heavy atom. The van der Waals surface area contributed by atoms with Gasteiger partial charge in [-0.2, -0.15) is 17.0 Å². The first-order valence-electron chi connectivity index (χ1n) is 8.66. The van der Waals surface area contributed by atoms with E-state index >= 15 is 0 Å². The Morgan fingerprint density at radius 3 is 2.22 bits per heavy atom. The van der Waals surface area contributed by atoms with Crippen molar-refractivity contribution in [1.82, 2.24) is 13.5 Å². The SMILES string of the molecule is CC1CN(S(=O)(=O)N2CCN(CC3CCOC3)CC2)CC(C)O1. The minimum Gasteiger partial charge on any atom is -0.381 e. The highest BCUT2D eigenvalue weighted by Gasteiger charge is 2.36. The fourth-order valence-electron chi connectivity index (χ4n) is 3.72. The molecule has 3 aliphatic heterocycles. The van der Waals surface area contributed by atoms with Gasteiger partial charge in [-0.1, -0.05) is 0 Å². The third-order valence-electron chi connectivity index (χ3n) is 4.91. The normalized spacial score (nSPS) is 35.7. The Kier molecular flexibility index (Phi) is 5.60. The molecule has 3 fully saturated rings. The van der Waals surface area contributed by atoms with Gasteiger partial charge in [0, 0.05) is 52.4 Å². The first-order chi connectivity index (χ1) is 10.9. The van der Waals surface area contributed by atoms with Crippen molar-refractivity contribution in [2.24, 2.45) is 5.92 Å². The lowest BCUT2D eigenvalue weighted by molar-refractivity contribution is -0.0457. The minimum atomic E-state index is -3.37. The van der Waals surface area contributed by atoms with E-state index in [1.54, 1.807) is 8.61 Å². The van der Waals surface area contributed by atoms with Crippen LogP contribution in [0.1, 0.15) is 20.3 Å². The molecular formula is C15H29N3O4S. The Bertz CT molecular complexity index is 477. The van der Waals surface area contributed by atoms with Crippen molar-refractivity contribution in [2.45, 2.75) is 32.5 Å². The fourth-order valence-corrected chi connectivity index (χ4v) is 5.47. The first-order valence-corrected chi connectivity index (χ1v) is 10.1. The molecule has 3 saturated heterocycles. The summed E-state index contributed by atoms with van der Waals surface area (Å²) in [6.45, 7) is 10.3. The molecular weight excluding hydrogens is 318 g/mol. The van der Waals surface area contributed by atoms with Crippen LogP contribution in [0.15, 0.2) is 0 Å². The Morgan fingerprint density at radius 2 is 1.65 bits per heavy atom. The van der Waals surface area contributed by atoms with E-state index in [1.807, 2.05) is 13.8 Å². The number of hydrogen-bond donors (Lipinski definition) is 0. The molecule has 7 nitrogen and oxygen atoms in total. The van der Waals surface area contributed by atoms with Crippen LogP contribution in [-0.2, 0) is 19.7 Å². The van der Waals surface area contributed by atoms with Gasteiger partial charge in [-0.25, -0.2) is 0 Å². The second kappa shape index (κ2) is 7.33. The molecule has 0 aromatic carbocycles. The molecule has 3 unspecified atom stereocenters. The third-order valence-corrected chi connectivity index (χ3v) is 6.88. The molecule has 0 radical (unpaired) electrons. The molecule has 0 aromatic rings. The smallest absolute Gasteiger partial charge is 0.282 e. The number of morpholine rings is 1. The van der Waals surface area contributed by atoms with Gasteiger partial charge in [0.15, 0.2) is 0 Å². The highest BCUT2D eigenvalue weighted by Crippen LogP contribution is 2.20. The zero-order chi connectivity index (χ0) is 16.4. The molecule has 3 heterocycles. The average molecular weight is 347 g/mol. The molecule has 0 aliphatic carbocycles. The van der Waals surface area contributed by atoms with Crippen LogP contribution >= 0.6 is 0 Å². The number of nitrogens with zero attached hydrogens (tertiary/aromatic N) is 3. The Hall–Kier alpha value is -0.250. The largest absolute Gasteiger partial charge is 0.381 e. The molecule has 0 spiro atoms. The van der Waals surface area contributed by atoms with Crippen LogP contribution in [0, 0.1) is 5.92 Å². The number of piperazine rings is 1. The second-order valence-electron chi connectivity index (χ2n) is 7.01. The summed E-state index contributed by atoms with van der Waals surface area (Å²) in [7, 11) is -3.37. The van der Waals surface area contributed by atoms with E-state index in [9.17, 15) is 8.42 Å². The van der Waals surface area contributed by atoms with Gasteiger partial charge in [-0.05, 0) is 26.2 Å². The standard InChI is InChI=1S/C15H29N3O4S/c1-13-9-18(10-14(2)22-13)23(19,20)17-6-4-16(5-7-17)11-15-3-8-21-12-15/h13-15H,3-12H2,1-2H3. The van der Waals surface area contributed by atoms with Crippen LogP contribution in [0.2, 0.25) is 0 Å². The molecule has 8 heteroatoms. The lowest BCUT2D eigenvalue weighted by Gasteiger charge is -2.40.